The summed E-state index contributed by atoms with van der Waals surface area (Å²) in [6.45, 7) is 11.5. The van der Waals surface area contributed by atoms with Crippen LogP contribution < -0.4 is 0 Å². The fourth-order valence-corrected chi connectivity index (χ4v) is 2.25. The van der Waals surface area contributed by atoms with E-state index in [-0.39, 0.29) is 5.41 Å². The predicted molar refractivity (Wildman–Crippen MR) is 80.0 cm³/mol. The Morgan fingerprint density at radius 3 is 2.60 bits per heavy atom. The molecule has 0 saturated carbocycles. The van der Waals surface area contributed by atoms with Gasteiger partial charge in [0.15, 0.2) is 0 Å². The summed E-state index contributed by atoms with van der Waals surface area (Å²) in [6, 6.07) is 5.26. The molecule has 1 heterocycles. The maximum Gasteiger partial charge on any atom is 0.337 e. The van der Waals surface area contributed by atoms with Crippen molar-refractivity contribution in [1.82, 2.24) is 9.55 Å². The minimum atomic E-state index is -0.903. The van der Waals surface area contributed by atoms with Crippen LogP contribution >= 0.6 is 0 Å². The first kappa shape index (κ1) is 14.6. The van der Waals surface area contributed by atoms with Gasteiger partial charge in [0.1, 0.15) is 5.82 Å². The number of hydrogen-bond acceptors (Lipinski definition) is 2. The zero-order chi connectivity index (χ0) is 15.1. The molecule has 1 atom stereocenters. The summed E-state index contributed by atoms with van der Waals surface area (Å²) in [5, 5.41) is 9.37. The lowest BCUT2D eigenvalue weighted by molar-refractivity contribution is 0.0698. The van der Waals surface area contributed by atoms with Crippen LogP contribution in [-0.4, -0.2) is 20.6 Å². The summed E-state index contributed by atoms with van der Waals surface area (Å²) in [6.07, 6.45) is 0. The van der Waals surface area contributed by atoms with Gasteiger partial charge >= 0.3 is 5.97 Å². The third kappa shape index (κ3) is 2.55. The van der Waals surface area contributed by atoms with Crippen molar-refractivity contribution in [3.8, 4) is 0 Å². The number of aromatic nitrogens is 2. The van der Waals surface area contributed by atoms with Gasteiger partial charge in [-0.1, -0.05) is 33.8 Å². The van der Waals surface area contributed by atoms with Crippen molar-refractivity contribution in [1.29, 1.82) is 0 Å². The molecule has 1 aromatic heterocycles. The van der Waals surface area contributed by atoms with E-state index in [0.717, 1.165) is 23.4 Å². The Bertz CT molecular complexity index is 650. The van der Waals surface area contributed by atoms with Crippen molar-refractivity contribution in [2.45, 2.75) is 41.2 Å². The highest BCUT2D eigenvalue weighted by Crippen LogP contribution is 2.29. The molecule has 0 fully saturated rings. The Hall–Kier alpha value is -1.84. The van der Waals surface area contributed by atoms with E-state index >= 15 is 0 Å². The molecule has 4 nitrogen and oxygen atoms in total. The van der Waals surface area contributed by atoms with E-state index in [4.69, 9.17) is 0 Å². The molecule has 1 unspecified atom stereocenters. The molecular weight excluding hydrogens is 252 g/mol. The second kappa shape index (κ2) is 4.93. The van der Waals surface area contributed by atoms with Gasteiger partial charge in [-0.05, 0) is 30.4 Å². The maximum absolute atomic E-state index is 11.4. The number of aromatic carboxylic acids is 1. The summed E-state index contributed by atoms with van der Waals surface area (Å²) in [7, 11) is 0. The van der Waals surface area contributed by atoms with Crippen molar-refractivity contribution in [2.24, 2.45) is 11.3 Å². The Morgan fingerprint density at radius 2 is 2.05 bits per heavy atom. The van der Waals surface area contributed by atoms with Crippen molar-refractivity contribution in [3.05, 3.63) is 29.6 Å². The SMILES string of the molecule is Cc1nc2cccc(C(=O)O)c2n1CC(C)C(C)(C)C. The number of rotatable bonds is 3. The molecule has 20 heavy (non-hydrogen) atoms. The number of fused-ring (bicyclic) bond motifs is 1. The van der Waals surface area contributed by atoms with Gasteiger partial charge in [0.05, 0.1) is 16.6 Å². The largest absolute Gasteiger partial charge is 0.478 e. The molecule has 0 amide bonds. The number of para-hydroxylation sites is 1. The number of carboxylic acids is 1. The molecule has 0 spiro atoms. The van der Waals surface area contributed by atoms with Crippen LogP contribution in [0.2, 0.25) is 0 Å². The van der Waals surface area contributed by atoms with Gasteiger partial charge in [-0.3, -0.25) is 0 Å². The second-order valence-electron chi connectivity index (χ2n) is 6.52. The summed E-state index contributed by atoms with van der Waals surface area (Å²) < 4.78 is 2.04. The van der Waals surface area contributed by atoms with Crippen LogP contribution in [-0.2, 0) is 6.54 Å². The fourth-order valence-electron chi connectivity index (χ4n) is 2.25. The normalized spacial score (nSPS) is 13.7. The first-order valence-electron chi connectivity index (χ1n) is 6.91. The molecule has 4 heteroatoms. The third-order valence-electron chi connectivity index (χ3n) is 4.12. The Morgan fingerprint density at radius 1 is 1.40 bits per heavy atom. The Labute approximate surface area is 119 Å². The maximum atomic E-state index is 11.4. The van der Waals surface area contributed by atoms with E-state index in [0.29, 0.717) is 11.5 Å². The van der Waals surface area contributed by atoms with E-state index in [1.54, 1.807) is 12.1 Å². The monoisotopic (exact) mass is 274 g/mol. The molecule has 108 valence electrons. The van der Waals surface area contributed by atoms with Crippen LogP contribution in [0.1, 0.15) is 43.9 Å². The molecule has 0 radical (unpaired) electrons. The highest BCUT2D eigenvalue weighted by molar-refractivity contribution is 6.01. The molecule has 1 aromatic carbocycles. The highest BCUT2D eigenvalue weighted by Gasteiger charge is 2.23. The summed E-state index contributed by atoms with van der Waals surface area (Å²) >= 11 is 0. The van der Waals surface area contributed by atoms with Gasteiger partial charge in [-0.25, -0.2) is 9.78 Å². The minimum absolute atomic E-state index is 0.168. The Balaban J connectivity index is 2.58. The van der Waals surface area contributed by atoms with Gasteiger partial charge in [-0.15, -0.1) is 0 Å². The van der Waals surface area contributed by atoms with Gasteiger partial charge in [0.25, 0.3) is 0 Å². The van der Waals surface area contributed by atoms with E-state index in [9.17, 15) is 9.90 Å². The first-order valence-corrected chi connectivity index (χ1v) is 6.91. The van der Waals surface area contributed by atoms with Crippen LogP contribution in [0.25, 0.3) is 11.0 Å². The van der Waals surface area contributed by atoms with Crippen LogP contribution in [0.5, 0.6) is 0 Å². The Kier molecular flexibility index (Phi) is 3.59. The molecule has 1 N–H and O–H groups in total. The molecule has 0 aliphatic heterocycles. The summed E-state index contributed by atoms with van der Waals surface area (Å²) in [5.74, 6) is 0.380. The average molecular weight is 274 g/mol. The standard InChI is InChI=1S/C16H22N2O2/c1-10(16(3,4)5)9-18-11(2)17-13-8-6-7-12(14(13)18)15(19)20/h6-8,10H,9H2,1-5H3,(H,19,20). The number of carbonyl (C=O) groups is 1. The topological polar surface area (TPSA) is 55.1 Å². The van der Waals surface area contributed by atoms with Crippen LogP contribution in [0.3, 0.4) is 0 Å². The smallest absolute Gasteiger partial charge is 0.337 e. The number of aryl methyl sites for hydroxylation is 1. The van der Waals surface area contributed by atoms with Crippen molar-refractivity contribution in [3.63, 3.8) is 0 Å². The summed E-state index contributed by atoms with van der Waals surface area (Å²) in [5.41, 5.74) is 1.97. The third-order valence-corrected chi connectivity index (χ3v) is 4.12. The number of benzene rings is 1. The quantitative estimate of drug-likeness (QED) is 0.928. The lowest BCUT2D eigenvalue weighted by Gasteiger charge is -2.28. The fraction of sp³-hybridized carbons (Fsp3) is 0.500. The number of nitrogens with zero attached hydrogens (tertiary/aromatic N) is 2. The first-order chi connectivity index (χ1) is 9.21. The molecule has 0 saturated heterocycles. The van der Waals surface area contributed by atoms with E-state index in [2.05, 4.69) is 32.7 Å². The zero-order valence-electron chi connectivity index (χ0n) is 12.8. The minimum Gasteiger partial charge on any atom is -0.478 e. The van der Waals surface area contributed by atoms with Gasteiger partial charge in [0, 0.05) is 6.54 Å². The van der Waals surface area contributed by atoms with Crippen molar-refractivity contribution >= 4 is 17.0 Å². The van der Waals surface area contributed by atoms with Crippen molar-refractivity contribution in [2.75, 3.05) is 0 Å². The molecule has 0 aliphatic rings. The second-order valence-corrected chi connectivity index (χ2v) is 6.52. The van der Waals surface area contributed by atoms with Crippen LogP contribution in [0, 0.1) is 18.3 Å². The number of hydrogen-bond donors (Lipinski definition) is 1. The highest BCUT2D eigenvalue weighted by atomic mass is 16.4. The number of imidazole rings is 1. The zero-order valence-corrected chi connectivity index (χ0v) is 12.8. The van der Waals surface area contributed by atoms with Crippen molar-refractivity contribution < 1.29 is 9.90 Å². The van der Waals surface area contributed by atoms with Crippen LogP contribution in [0.15, 0.2) is 18.2 Å². The predicted octanol–water partition coefficient (Wildman–Crippen LogP) is 3.73. The summed E-state index contributed by atoms with van der Waals surface area (Å²) in [4.78, 5) is 15.9. The lowest BCUT2D eigenvalue weighted by atomic mass is 9.82. The average Bonchev–Trinajstić information content (AvgIpc) is 2.64. The molecule has 2 rings (SSSR count). The van der Waals surface area contributed by atoms with E-state index in [1.165, 1.54) is 0 Å². The molecular formula is C16H22N2O2. The van der Waals surface area contributed by atoms with Crippen LogP contribution in [0.4, 0.5) is 0 Å². The van der Waals surface area contributed by atoms with Gasteiger partial charge in [-0.2, -0.15) is 0 Å². The lowest BCUT2D eigenvalue weighted by Crippen LogP contribution is -2.23. The molecule has 0 aliphatic carbocycles. The molecule has 0 bridgehead atoms. The number of carboxylic acid groups (broad SMARTS) is 1. The van der Waals surface area contributed by atoms with Gasteiger partial charge in [0.2, 0.25) is 0 Å². The van der Waals surface area contributed by atoms with E-state index < -0.39 is 5.97 Å². The molecule has 2 aromatic rings. The van der Waals surface area contributed by atoms with E-state index in [1.807, 2.05) is 17.6 Å². The van der Waals surface area contributed by atoms with Gasteiger partial charge < -0.3 is 9.67 Å².